The van der Waals surface area contributed by atoms with E-state index in [0.717, 1.165) is 4.47 Å². The summed E-state index contributed by atoms with van der Waals surface area (Å²) in [6.07, 6.45) is 0.220. The lowest BCUT2D eigenvalue weighted by Gasteiger charge is -2.09. The van der Waals surface area contributed by atoms with E-state index in [1.807, 2.05) is 6.07 Å². The lowest BCUT2D eigenvalue weighted by atomic mass is 10.3. The van der Waals surface area contributed by atoms with Crippen LogP contribution in [-0.4, -0.2) is 12.5 Å². The molecule has 21 heavy (non-hydrogen) atoms. The average Bonchev–Trinajstić information content (AvgIpc) is 2.42. The lowest BCUT2D eigenvalue weighted by Crippen LogP contribution is -2.15. The van der Waals surface area contributed by atoms with Gasteiger partial charge in [0.15, 0.2) is 0 Å². The molecule has 1 amide bonds. The van der Waals surface area contributed by atoms with Gasteiger partial charge < -0.3 is 15.8 Å². The van der Waals surface area contributed by atoms with Gasteiger partial charge in [0.25, 0.3) is 0 Å². The smallest absolute Gasteiger partial charge is 0.227 e. The molecule has 0 aliphatic carbocycles. The Morgan fingerprint density at radius 2 is 2.10 bits per heavy atom. The number of hydrogen-bond acceptors (Lipinski definition) is 3. The van der Waals surface area contributed by atoms with Crippen LogP contribution >= 0.6 is 27.5 Å². The van der Waals surface area contributed by atoms with E-state index in [2.05, 4.69) is 21.2 Å². The molecule has 3 N–H and O–H groups in total. The predicted octanol–water partition coefficient (Wildman–Crippen LogP) is 4.09. The van der Waals surface area contributed by atoms with E-state index in [0.29, 0.717) is 22.1 Å². The van der Waals surface area contributed by atoms with Gasteiger partial charge >= 0.3 is 0 Å². The van der Waals surface area contributed by atoms with Crippen LogP contribution in [0.3, 0.4) is 0 Å². The summed E-state index contributed by atoms with van der Waals surface area (Å²) in [6, 6.07) is 12.3. The molecule has 110 valence electrons. The van der Waals surface area contributed by atoms with Gasteiger partial charge in [0.2, 0.25) is 5.91 Å². The molecule has 0 spiro atoms. The number of hydrogen-bond donors (Lipinski definition) is 2. The Morgan fingerprint density at radius 3 is 2.86 bits per heavy atom. The maximum absolute atomic E-state index is 11.8. The largest absolute Gasteiger partial charge is 0.491 e. The van der Waals surface area contributed by atoms with Gasteiger partial charge in [-0.15, -0.1) is 0 Å². The molecule has 2 aromatic rings. The second-order valence-corrected chi connectivity index (χ2v) is 5.67. The monoisotopic (exact) mass is 368 g/mol. The van der Waals surface area contributed by atoms with Crippen LogP contribution in [0.1, 0.15) is 6.42 Å². The van der Waals surface area contributed by atoms with Crippen molar-refractivity contribution in [2.45, 2.75) is 6.42 Å². The van der Waals surface area contributed by atoms with Crippen LogP contribution in [0, 0.1) is 0 Å². The Kier molecular flexibility index (Phi) is 5.47. The molecule has 0 aliphatic heterocycles. The molecule has 0 aromatic heterocycles. The van der Waals surface area contributed by atoms with E-state index >= 15 is 0 Å². The van der Waals surface area contributed by atoms with Crippen molar-refractivity contribution in [3.63, 3.8) is 0 Å². The Labute approximate surface area is 136 Å². The zero-order chi connectivity index (χ0) is 15.2. The van der Waals surface area contributed by atoms with Crippen LogP contribution in [0.2, 0.25) is 5.02 Å². The fourth-order valence-electron chi connectivity index (χ4n) is 1.68. The minimum absolute atomic E-state index is 0.147. The summed E-state index contributed by atoms with van der Waals surface area (Å²) in [7, 11) is 0. The van der Waals surface area contributed by atoms with Crippen molar-refractivity contribution in [3.05, 3.63) is 52.0 Å². The maximum atomic E-state index is 11.8. The standard InChI is InChI=1S/C15H14BrClN2O2/c16-10-4-5-13(17)14(8-10)21-7-6-15(20)19-12-3-1-2-11(18)9-12/h1-5,8-9H,6-7,18H2,(H,19,20). The molecule has 0 saturated heterocycles. The first-order chi connectivity index (χ1) is 10.0. The third kappa shape index (κ3) is 4.95. The second kappa shape index (κ2) is 7.33. The van der Waals surface area contributed by atoms with Crippen LogP contribution < -0.4 is 15.8 Å². The first kappa shape index (κ1) is 15.7. The van der Waals surface area contributed by atoms with Crippen LogP contribution in [0.5, 0.6) is 5.75 Å². The van der Waals surface area contributed by atoms with Gasteiger partial charge in [-0.3, -0.25) is 4.79 Å². The van der Waals surface area contributed by atoms with Crippen molar-refractivity contribution in [3.8, 4) is 5.75 Å². The highest BCUT2D eigenvalue weighted by Crippen LogP contribution is 2.27. The average molecular weight is 370 g/mol. The summed E-state index contributed by atoms with van der Waals surface area (Å²) >= 11 is 9.34. The van der Waals surface area contributed by atoms with E-state index in [1.165, 1.54) is 0 Å². The third-order valence-corrected chi connectivity index (χ3v) is 3.46. The molecule has 0 radical (unpaired) electrons. The third-order valence-electron chi connectivity index (χ3n) is 2.65. The summed E-state index contributed by atoms with van der Waals surface area (Å²) in [5, 5.41) is 3.26. The highest BCUT2D eigenvalue weighted by atomic mass is 79.9. The molecule has 0 bridgehead atoms. The summed E-state index contributed by atoms with van der Waals surface area (Å²) in [6.45, 7) is 0.240. The minimum Gasteiger partial charge on any atom is -0.491 e. The number of rotatable bonds is 5. The number of anilines is 2. The quantitative estimate of drug-likeness (QED) is 0.780. The fourth-order valence-corrected chi connectivity index (χ4v) is 2.19. The number of nitrogens with one attached hydrogen (secondary N) is 1. The normalized spacial score (nSPS) is 10.2. The van der Waals surface area contributed by atoms with E-state index in [1.54, 1.807) is 36.4 Å². The molecule has 0 heterocycles. The van der Waals surface area contributed by atoms with Gasteiger partial charge in [0, 0.05) is 15.8 Å². The minimum atomic E-state index is -0.147. The number of benzene rings is 2. The van der Waals surface area contributed by atoms with Crippen molar-refractivity contribution in [2.24, 2.45) is 0 Å². The number of carbonyl (C=O) groups is 1. The van der Waals surface area contributed by atoms with E-state index in [-0.39, 0.29) is 18.9 Å². The molecular weight excluding hydrogens is 356 g/mol. The SMILES string of the molecule is Nc1cccc(NC(=O)CCOc2cc(Br)ccc2Cl)c1. The summed E-state index contributed by atoms with van der Waals surface area (Å²) in [4.78, 5) is 11.8. The topological polar surface area (TPSA) is 64.3 Å². The molecule has 0 saturated carbocycles. The van der Waals surface area contributed by atoms with Crippen molar-refractivity contribution in [1.29, 1.82) is 0 Å². The molecular formula is C15H14BrClN2O2. The number of nitrogens with two attached hydrogens (primary N) is 1. The van der Waals surface area contributed by atoms with Crippen LogP contribution in [-0.2, 0) is 4.79 Å². The summed E-state index contributed by atoms with van der Waals surface area (Å²) in [5.41, 5.74) is 6.92. The van der Waals surface area contributed by atoms with Gasteiger partial charge in [-0.25, -0.2) is 0 Å². The Hall–Kier alpha value is -1.72. The number of ether oxygens (including phenoxy) is 1. The highest BCUT2D eigenvalue weighted by molar-refractivity contribution is 9.10. The van der Waals surface area contributed by atoms with Crippen LogP contribution in [0.4, 0.5) is 11.4 Å². The molecule has 0 unspecified atom stereocenters. The molecule has 0 atom stereocenters. The van der Waals surface area contributed by atoms with Crippen molar-refractivity contribution in [1.82, 2.24) is 0 Å². The summed E-state index contributed by atoms with van der Waals surface area (Å²) in [5.74, 6) is 0.398. The molecule has 6 heteroatoms. The number of halogens is 2. The van der Waals surface area contributed by atoms with Gasteiger partial charge in [0.05, 0.1) is 18.1 Å². The first-order valence-corrected chi connectivity index (χ1v) is 7.45. The highest BCUT2D eigenvalue weighted by Gasteiger charge is 2.06. The zero-order valence-electron chi connectivity index (χ0n) is 11.1. The molecule has 2 aromatic carbocycles. The van der Waals surface area contributed by atoms with Gasteiger partial charge in [-0.1, -0.05) is 33.6 Å². The predicted molar refractivity (Wildman–Crippen MR) is 88.7 cm³/mol. The van der Waals surface area contributed by atoms with Gasteiger partial charge in [-0.05, 0) is 36.4 Å². The maximum Gasteiger partial charge on any atom is 0.227 e. The molecule has 2 rings (SSSR count). The van der Waals surface area contributed by atoms with Crippen molar-refractivity contribution in [2.75, 3.05) is 17.7 Å². The Balaban J connectivity index is 1.83. The second-order valence-electron chi connectivity index (χ2n) is 4.35. The van der Waals surface area contributed by atoms with Crippen LogP contribution in [0.15, 0.2) is 46.9 Å². The van der Waals surface area contributed by atoms with Crippen molar-refractivity contribution >= 4 is 44.8 Å². The number of amides is 1. The molecule has 4 nitrogen and oxygen atoms in total. The van der Waals surface area contributed by atoms with Crippen molar-refractivity contribution < 1.29 is 9.53 Å². The van der Waals surface area contributed by atoms with Gasteiger partial charge in [-0.2, -0.15) is 0 Å². The Morgan fingerprint density at radius 1 is 1.29 bits per heavy atom. The van der Waals surface area contributed by atoms with E-state index in [9.17, 15) is 4.79 Å². The van der Waals surface area contributed by atoms with Gasteiger partial charge in [0.1, 0.15) is 5.75 Å². The first-order valence-electron chi connectivity index (χ1n) is 6.28. The van der Waals surface area contributed by atoms with Crippen LogP contribution in [0.25, 0.3) is 0 Å². The Bertz CT molecular complexity index is 649. The lowest BCUT2D eigenvalue weighted by molar-refractivity contribution is -0.116. The fraction of sp³-hybridized carbons (Fsp3) is 0.133. The zero-order valence-corrected chi connectivity index (χ0v) is 13.4. The molecule has 0 aliphatic rings. The summed E-state index contributed by atoms with van der Waals surface area (Å²) < 4.78 is 6.37. The molecule has 0 fully saturated rings. The van der Waals surface area contributed by atoms with E-state index in [4.69, 9.17) is 22.1 Å². The van der Waals surface area contributed by atoms with E-state index < -0.39 is 0 Å². The number of nitrogen functional groups attached to an aromatic ring is 1. The number of carbonyl (C=O) groups excluding carboxylic acids is 1.